The minimum Gasteiger partial charge on any atom is -0.303 e. The first-order valence-corrected chi connectivity index (χ1v) is 4.79. The van der Waals surface area contributed by atoms with Gasteiger partial charge in [-0.1, -0.05) is 12.8 Å². The molecule has 2 aliphatic rings. The summed E-state index contributed by atoms with van der Waals surface area (Å²) >= 11 is 0. The van der Waals surface area contributed by atoms with E-state index in [1.807, 2.05) is 0 Å². The average Bonchev–Trinajstić information content (AvgIpc) is 2.55. The van der Waals surface area contributed by atoms with Gasteiger partial charge in [-0.3, -0.25) is 4.90 Å². The molecular formula is C9H18N2. The van der Waals surface area contributed by atoms with Crippen molar-refractivity contribution in [1.29, 1.82) is 0 Å². The molecule has 64 valence electrons. The SMILES string of the molecule is CN1CNCC1C1CCCC1. The number of hydrogen-bond donors (Lipinski definition) is 1. The Labute approximate surface area is 69.0 Å². The van der Waals surface area contributed by atoms with E-state index < -0.39 is 0 Å². The predicted octanol–water partition coefficient (Wildman–Crippen LogP) is 1.04. The molecule has 1 saturated heterocycles. The Hall–Kier alpha value is -0.0800. The fourth-order valence-electron chi connectivity index (χ4n) is 2.53. The fourth-order valence-corrected chi connectivity index (χ4v) is 2.53. The van der Waals surface area contributed by atoms with Crippen molar-refractivity contribution in [3.8, 4) is 0 Å². The molecule has 1 saturated carbocycles. The van der Waals surface area contributed by atoms with Gasteiger partial charge in [0, 0.05) is 19.3 Å². The van der Waals surface area contributed by atoms with Gasteiger partial charge in [-0.05, 0) is 25.8 Å². The lowest BCUT2D eigenvalue weighted by Gasteiger charge is -2.24. The Kier molecular flexibility index (Phi) is 2.14. The van der Waals surface area contributed by atoms with Crippen LogP contribution in [0.5, 0.6) is 0 Å². The van der Waals surface area contributed by atoms with Crippen LogP contribution >= 0.6 is 0 Å². The highest BCUT2D eigenvalue weighted by Crippen LogP contribution is 2.30. The van der Waals surface area contributed by atoms with Crippen LogP contribution in [0.2, 0.25) is 0 Å². The minimum atomic E-state index is 0.845. The zero-order valence-electron chi connectivity index (χ0n) is 7.34. The highest BCUT2D eigenvalue weighted by Gasteiger charge is 2.30. The smallest absolute Gasteiger partial charge is 0.0481 e. The Morgan fingerprint density at radius 2 is 2.00 bits per heavy atom. The van der Waals surface area contributed by atoms with Crippen molar-refractivity contribution in [1.82, 2.24) is 10.2 Å². The molecule has 2 rings (SSSR count). The van der Waals surface area contributed by atoms with Crippen LogP contribution in [-0.2, 0) is 0 Å². The van der Waals surface area contributed by atoms with Gasteiger partial charge in [0.2, 0.25) is 0 Å². The summed E-state index contributed by atoms with van der Waals surface area (Å²) in [5, 5.41) is 3.42. The summed E-state index contributed by atoms with van der Waals surface area (Å²) in [6.45, 7) is 2.32. The molecule has 0 radical (unpaired) electrons. The largest absolute Gasteiger partial charge is 0.303 e. The van der Waals surface area contributed by atoms with E-state index in [0.29, 0.717) is 0 Å². The molecule has 1 aliphatic carbocycles. The third-order valence-electron chi connectivity index (χ3n) is 3.22. The van der Waals surface area contributed by atoms with Gasteiger partial charge in [0.25, 0.3) is 0 Å². The zero-order valence-corrected chi connectivity index (χ0v) is 7.34. The molecule has 0 spiro atoms. The lowest BCUT2D eigenvalue weighted by molar-refractivity contribution is 0.237. The van der Waals surface area contributed by atoms with Crippen molar-refractivity contribution in [2.45, 2.75) is 31.7 Å². The third-order valence-corrected chi connectivity index (χ3v) is 3.22. The van der Waals surface area contributed by atoms with Crippen LogP contribution in [0.1, 0.15) is 25.7 Å². The van der Waals surface area contributed by atoms with Crippen molar-refractivity contribution >= 4 is 0 Å². The quantitative estimate of drug-likeness (QED) is 0.607. The first-order valence-electron chi connectivity index (χ1n) is 4.79. The van der Waals surface area contributed by atoms with Crippen molar-refractivity contribution in [3.05, 3.63) is 0 Å². The highest BCUT2D eigenvalue weighted by molar-refractivity contribution is 4.86. The lowest BCUT2D eigenvalue weighted by atomic mass is 9.98. The molecule has 1 aliphatic heterocycles. The third kappa shape index (κ3) is 1.42. The second-order valence-electron chi connectivity index (χ2n) is 3.98. The summed E-state index contributed by atoms with van der Waals surface area (Å²) in [5.41, 5.74) is 0. The summed E-state index contributed by atoms with van der Waals surface area (Å²) in [6.07, 6.45) is 5.87. The molecule has 1 atom stereocenters. The van der Waals surface area contributed by atoms with Crippen LogP contribution < -0.4 is 5.32 Å². The topological polar surface area (TPSA) is 15.3 Å². The number of nitrogens with zero attached hydrogens (tertiary/aromatic N) is 1. The van der Waals surface area contributed by atoms with E-state index in [2.05, 4.69) is 17.3 Å². The first-order chi connectivity index (χ1) is 5.38. The van der Waals surface area contributed by atoms with E-state index in [-0.39, 0.29) is 0 Å². The summed E-state index contributed by atoms with van der Waals surface area (Å²) < 4.78 is 0. The molecule has 11 heavy (non-hydrogen) atoms. The van der Waals surface area contributed by atoms with Crippen molar-refractivity contribution in [2.24, 2.45) is 5.92 Å². The first kappa shape index (κ1) is 7.56. The van der Waals surface area contributed by atoms with Gasteiger partial charge in [-0.25, -0.2) is 0 Å². The van der Waals surface area contributed by atoms with Crippen LogP contribution in [-0.4, -0.2) is 31.2 Å². The molecule has 2 fully saturated rings. The van der Waals surface area contributed by atoms with E-state index in [1.54, 1.807) is 0 Å². The van der Waals surface area contributed by atoms with Gasteiger partial charge >= 0.3 is 0 Å². The molecule has 1 heterocycles. The Morgan fingerprint density at radius 1 is 1.27 bits per heavy atom. The highest BCUT2D eigenvalue weighted by atomic mass is 15.3. The molecular weight excluding hydrogens is 136 g/mol. The molecule has 1 unspecified atom stereocenters. The van der Waals surface area contributed by atoms with E-state index in [0.717, 1.165) is 18.6 Å². The standard InChI is InChI=1S/C9H18N2/c1-11-7-10-6-9(11)8-4-2-3-5-8/h8-10H,2-7H2,1H3. The van der Waals surface area contributed by atoms with Gasteiger partial charge in [0.15, 0.2) is 0 Å². The number of nitrogens with one attached hydrogen (secondary N) is 1. The van der Waals surface area contributed by atoms with Crippen molar-refractivity contribution in [3.63, 3.8) is 0 Å². The van der Waals surface area contributed by atoms with Gasteiger partial charge in [0.1, 0.15) is 0 Å². The van der Waals surface area contributed by atoms with Crippen LogP contribution in [0, 0.1) is 5.92 Å². The number of hydrogen-bond acceptors (Lipinski definition) is 2. The summed E-state index contributed by atoms with van der Waals surface area (Å²) in [4.78, 5) is 2.47. The van der Waals surface area contributed by atoms with Crippen molar-refractivity contribution in [2.75, 3.05) is 20.3 Å². The van der Waals surface area contributed by atoms with Crippen LogP contribution in [0.3, 0.4) is 0 Å². The molecule has 0 aromatic carbocycles. The summed E-state index contributed by atoms with van der Waals surface area (Å²) in [6, 6.07) is 0.845. The maximum Gasteiger partial charge on any atom is 0.0481 e. The summed E-state index contributed by atoms with van der Waals surface area (Å²) in [5.74, 6) is 0.995. The van der Waals surface area contributed by atoms with Crippen LogP contribution in [0.4, 0.5) is 0 Å². The van der Waals surface area contributed by atoms with E-state index in [1.165, 1.54) is 32.2 Å². The average molecular weight is 154 g/mol. The lowest BCUT2D eigenvalue weighted by Crippen LogP contribution is -2.32. The Bertz CT molecular complexity index is 130. The second-order valence-corrected chi connectivity index (χ2v) is 3.98. The molecule has 0 amide bonds. The minimum absolute atomic E-state index is 0.845. The Balaban J connectivity index is 1.92. The second kappa shape index (κ2) is 3.11. The normalized spacial score (nSPS) is 35.2. The molecule has 0 aromatic rings. The van der Waals surface area contributed by atoms with Crippen molar-refractivity contribution < 1.29 is 0 Å². The van der Waals surface area contributed by atoms with Gasteiger partial charge in [0.05, 0.1) is 0 Å². The maximum absolute atomic E-state index is 3.42. The van der Waals surface area contributed by atoms with Crippen LogP contribution in [0.15, 0.2) is 0 Å². The summed E-state index contributed by atoms with van der Waals surface area (Å²) in [7, 11) is 2.24. The number of likely N-dealkylation sites (N-methyl/N-ethyl adjacent to an activating group) is 1. The van der Waals surface area contributed by atoms with E-state index in [4.69, 9.17) is 0 Å². The fraction of sp³-hybridized carbons (Fsp3) is 1.00. The molecule has 2 heteroatoms. The van der Waals surface area contributed by atoms with E-state index >= 15 is 0 Å². The van der Waals surface area contributed by atoms with Gasteiger partial charge in [-0.2, -0.15) is 0 Å². The maximum atomic E-state index is 3.42. The Morgan fingerprint density at radius 3 is 2.55 bits per heavy atom. The molecule has 2 nitrogen and oxygen atoms in total. The number of rotatable bonds is 1. The van der Waals surface area contributed by atoms with E-state index in [9.17, 15) is 0 Å². The van der Waals surface area contributed by atoms with Gasteiger partial charge < -0.3 is 5.32 Å². The molecule has 0 aromatic heterocycles. The monoisotopic (exact) mass is 154 g/mol. The van der Waals surface area contributed by atoms with Gasteiger partial charge in [-0.15, -0.1) is 0 Å². The van der Waals surface area contributed by atoms with Crippen LogP contribution in [0.25, 0.3) is 0 Å². The zero-order chi connectivity index (χ0) is 7.68. The predicted molar refractivity (Wildman–Crippen MR) is 46.4 cm³/mol. The molecule has 0 bridgehead atoms. The molecule has 1 N–H and O–H groups in total.